The number of likely N-dealkylation sites (tertiary alicyclic amines) is 1. The zero-order valence-electron chi connectivity index (χ0n) is 14.1. The van der Waals surface area contributed by atoms with E-state index >= 15 is 0 Å². The first-order valence-corrected chi connectivity index (χ1v) is 8.51. The molecule has 3 heteroatoms. The van der Waals surface area contributed by atoms with Crippen LogP contribution in [0.15, 0.2) is 24.3 Å². The van der Waals surface area contributed by atoms with Crippen LogP contribution in [0.1, 0.15) is 38.3 Å². The zero-order valence-corrected chi connectivity index (χ0v) is 14.1. The summed E-state index contributed by atoms with van der Waals surface area (Å²) in [6.07, 6.45) is 1.50. The summed E-state index contributed by atoms with van der Waals surface area (Å²) in [4.78, 5) is 14.5. The average Bonchev–Trinajstić information content (AvgIpc) is 3.05. The van der Waals surface area contributed by atoms with Crippen LogP contribution in [0.25, 0.3) is 0 Å². The minimum atomic E-state index is 0.190. The van der Waals surface area contributed by atoms with Gasteiger partial charge < -0.3 is 10.2 Å². The number of hydrogen-bond acceptors (Lipinski definition) is 2. The molecule has 22 heavy (non-hydrogen) atoms. The fraction of sp³-hybridized carbons (Fsp3) is 0.632. The molecule has 2 fully saturated rings. The Balaban J connectivity index is 1.51. The summed E-state index contributed by atoms with van der Waals surface area (Å²) < 4.78 is 0. The van der Waals surface area contributed by atoms with Crippen molar-refractivity contribution >= 4 is 5.91 Å². The van der Waals surface area contributed by atoms with Gasteiger partial charge >= 0.3 is 0 Å². The van der Waals surface area contributed by atoms with Crippen LogP contribution in [0.2, 0.25) is 0 Å². The first-order valence-electron chi connectivity index (χ1n) is 8.51. The van der Waals surface area contributed by atoms with Crippen LogP contribution >= 0.6 is 0 Å². The van der Waals surface area contributed by atoms with Gasteiger partial charge in [-0.25, -0.2) is 0 Å². The Labute approximate surface area is 134 Å². The third-order valence-corrected chi connectivity index (χ3v) is 5.19. The molecule has 2 saturated heterocycles. The number of nitrogens with zero attached hydrogens (tertiary/aromatic N) is 1. The van der Waals surface area contributed by atoms with Gasteiger partial charge in [-0.1, -0.05) is 45.0 Å². The van der Waals surface area contributed by atoms with Gasteiger partial charge in [-0.2, -0.15) is 0 Å². The SMILES string of the molecule is CC(C)(C)c1ccc(CCC(=O)N2C[C@H]3CNC[C@H]3C2)cc1. The van der Waals surface area contributed by atoms with Gasteiger partial charge in [-0.15, -0.1) is 0 Å². The molecule has 2 heterocycles. The second kappa shape index (κ2) is 6.04. The van der Waals surface area contributed by atoms with Crippen LogP contribution in [0.4, 0.5) is 0 Å². The van der Waals surface area contributed by atoms with Crippen molar-refractivity contribution in [2.45, 2.75) is 39.0 Å². The maximum absolute atomic E-state index is 12.4. The Morgan fingerprint density at radius 1 is 1.14 bits per heavy atom. The number of fused-ring (bicyclic) bond motifs is 1. The Morgan fingerprint density at radius 2 is 1.73 bits per heavy atom. The lowest BCUT2D eigenvalue weighted by Crippen LogP contribution is -2.31. The van der Waals surface area contributed by atoms with E-state index in [-0.39, 0.29) is 5.41 Å². The summed E-state index contributed by atoms with van der Waals surface area (Å²) in [6, 6.07) is 8.75. The van der Waals surface area contributed by atoms with Crippen molar-refractivity contribution < 1.29 is 4.79 Å². The van der Waals surface area contributed by atoms with Crippen LogP contribution in [0.3, 0.4) is 0 Å². The molecule has 3 rings (SSSR count). The van der Waals surface area contributed by atoms with Gasteiger partial charge in [0.1, 0.15) is 0 Å². The van der Waals surface area contributed by atoms with E-state index in [0.29, 0.717) is 24.2 Å². The third kappa shape index (κ3) is 3.35. The maximum atomic E-state index is 12.4. The Hall–Kier alpha value is -1.35. The molecule has 2 aliphatic heterocycles. The van der Waals surface area contributed by atoms with Crippen molar-refractivity contribution in [3.05, 3.63) is 35.4 Å². The molecule has 0 bridgehead atoms. The van der Waals surface area contributed by atoms with E-state index in [2.05, 4.69) is 55.3 Å². The minimum absolute atomic E-state index is 0.190. The smallest absolute Gasteiger partial charge is 0.222 e. The highest BCUT2D eigenvalue weighted by molar-refractivity contribution is 5.76. The van der Waals surface area contributed by atoms with Gasteiger partial charge in [0.2, 0.25) is 5.91 Å². The third-order valence-electron chi connectivity index (χ3n) is 5.19. The molecule has 0 aliphatic carbocycles. The average molecular weight is 300 g/mol. The molecule has 3 nitrogen and oxygen atoms in total. The van der Waals surface area contributed by atoms with E-state index in [9.17, 15) is 4.79 Å². The normalized spacial score (nSPS) is 24.6. The van der Waals surface area contributed by atoms with Gasteiger partial charge in [-0.05, 0) is 34.8 Å². The fourth-order valence-electron chi connectivity index (χ4n) is 3.64. The quantitative estimate of drug-likeness (QED) is 0.930. The van der Waals surface area contributed by atoms with E-state index in [0.717, 1.165) is 32.6 Å². The number of benzene rings is 1. The van der Waals surface area contributed by atoms with Gasteiger partial charge in [0.05, 0.1) is 0 Å². The molecule has 1 aromatic rings. The van der Waals surface area contributed by atoms with Crippen LogP contribution < -0.4 is 5.32 Å². The molecule has 0 unspecified atom stereocenters. The molecule has 2 aliphatic rings. The van der Waals surface area contributed by atoms with E-state index in [1.54, 1.807) is 0 Å². The second-order valence-electron chi connectivity index (χ2n) is 7.92. The summed E-state index contributed by atoms with van der Waals surface area (Å²) in [7, 11) is 0. The Kier molecular flexibility index (Phi) is 4.26. The van der Waals surface area contributed by atoms with Gasteiger partial charge in [-0.3, -0.25) is 4.79 Å². The minimum Gasteiger partial charge on any atom is -0.342 e. The standard InChI is InChI=1S/C19H28N2O/c1-19(2,3)17-7-4-14(5-8-17)6-9-18(22)21-12-15-10-20-11-16(15)13-21/h4-5,7-8,15-16,20H,6,9-13H2,1-3H3/t15-,16+. The van der Waals surface area contributed by atoms with Crippen LogP contribution in [0, 0.1) is 11.8 Å². The molecule has 0 radical (unpaired) electrons. The van der Waals surface area contributed by atoms with Crippen LogP contribution in [0.5, 0.6) is 0 Å². The molecular formula is C19H28N2O. The molecular weight excluding hydrogens is 272 g/mol. The lowest BCUT2D eigenvalue weighted by molar-refractivity contribution is -0.130. The molecule has 120 valence electrons. The van der Waals surface area contributed by atoms with E-state index < -0.39 is 0 Å². The van der Waals surface area contributed by atoms with Gasteiger partial charge in [0.15, 0.2) is 0 Å². The molecule has 1 amide bonds. The van der Waals surface area contributed by atoms with Crippen molar-refractivity contribution in [3.8, 4) is 0 Å². The largest absolute Gasteiger partial charge is 0.342 e. The molecule has 1 N–H and O–H groups in total. The fourth-order valence-corrected chi connectivity index (χ4v) is 3.64. The molecule has 0 saturated carbocycles. The summed E-state index contributed by atoms with van der Waals surface area (Å²) in [5, 5.41) is 3.42. The molecule has 2 atom stereocenters. The van der Waals surface area contributed by atoms with Crippen LogP contribution in [-0.2, 0) is 16.6 Å². The van der Waals surface area contributed by atoms with Crippen molar-refractivity contribution in [2.75, 3.05) is 26.2 Å². The lowest BCUT2D eigenvalue weighted by Gasteiger charge is -2.19. The predicted octanol–water partition coefficient (Wildman–Crippen LogP) is 2.59. The van der Waals surface area contributed by atoms with E-state index in [1.807, 2.05) is 0 Å². The highest BCUT2D eigenvalue weighted by atomic mass is 16.2. The summed E-state index contributed by atoms with van der Waals surface area (Å²) in [5.74, 6) is 1.71. The molecule has 0 aromatic heterocycles. The Bertz CT molecular complexity index is 517. The predicted molar refractivity (Wildman–Crippen MR) is 89.9 cm³/mol. The number of amides is 1. The summed E-state index contributed by atoms with van der Waals surface area (Å²) in [5.41, 5.74) is 2.81. The van der Waals surface area contributed by atoms with E-state index in [4.69, 9.17) is 0 Å². The van der Waals surface area contributed by atoms with Crippen molar-refractivity contribution in [1.82, 2.24) is 10.2 Å². The van der Waals surface area contributed by atoms with E-state index in [1.165, 1.54) is 11.1 Å². The van der Waals surface area contributed by atoms with Gasteiger partial charge in [0.25, 0.3) is 0 Å². The molecule has 0 spiro atoms. The number of hydrogen-bond donors (Lipinski definition) is 1. The number of nitrogens with one attached hydrogen (secondary N) is 1. The van der Waals surface area contributed by atoms with Gasteiger partial charge in [0, 0.05) is 32.6 Å². The number of rotatable bonds is 3. The highest BCUT2D eigenvalue weighted by Gasteiger charge is 2.37. The maximum Gasteiger partial charge on any atom is 0.222 e. The summed E-state index contributed by atoms with van der Waals surface area (Å²) >= 11 is 0. The first kappa shape index (κ1) is 15.5. The lowest BCUT2D eigenvalue weighted by atomic mass is 9.86. The molecule has 1 aromatic carbocycles. The number of carbonyl (C=O) groups is 1. The monoisotopic (exact) mass is 300 g/mol. The first-order chi connectivity index (χ1) is 10.4. The highest BCUT2D eigenvalue weighted by Crippen LogP contribution is 2.27. The second-order valence-corrected chi connectivity index (χ2v) is 7.92. The van der Waals surface area contributed by atoms with Crippen LogP contribution in [-0.4, -0.2) is 37.0 Å². The van der Waals surface area contributed by atoms with Crippen molar-refractivity contribution in [3.63, 3.8) is 0 Å². The Morgan fingerprint density at radius 3 is 2.27 bits per heavy atom. The van der Waals surface area contributed by atoms with Crippen molar-refractivity contribution in [1.29, 1.82) is 0 Å². The zero-order chi connectivity index (χ0) is 15.7. The van der Waals surface area contributed by atoms with Crippen molar-refractivity contribution in [2.24, 2.45) is 11.8 Å². The number of aryl methyl sites for hydroxylation is 1. The summed E-state index contributed by atoms with van der Waals surface area (Å²) in [6.45, 7) is 10.8. The number of carbonyl (C=O) groups excluding carboxylic acids is 1. The topological polar surface area (TPSA) is 32.3 Å².